The number of aryl methyl sites for hydroxylation is 2. The van der Waals surface area contributed by atoms with Crippen LogP contribution < -0.4 is 5.73 Å². The highest BCUT2D eigenvalue weighted by Gasteiger charge is 2.23. The molecule has 0 aromatic carbocycles. The van der Waals surface area contributed by atoms with Crippen molar-refractivity contribution in [2.24, 2.45) is 18.2 Å². The Morgan fingerprint density at radius 2 is 2.00 bits per heavy atom. The lowest BCUT2D eigenvalue weighted by Gasteiger charge is -2.27. The molecule has 1 heterocycles. The lowest BCUT2D eigenvalue weighted by atomic mass is 9.85. The molecule has 0 saturated heterocycles. The summed E-state index contributed by atoms with van der Waals surface area (Å²) in [7, 11) is 1.96. The Balaban J connectivity index is 2.90. The topological polar surface area (TPSA) is 43.8 Å². The van der Waals surface area contributed by atoms with Crippen LogP contribution in [-0.2, 0) is 13.5 Å². The van der Waals surface area contributed by atoms with E-state index in [1.54, 1.807) is 0 Å². The third-order valence-electron chi connectivity index (χ3n) is 2.79. The summed E-state index contributed by atoms with van der Waals surface area (Å²) in [5.41, 5.74) is 8.49. The average Bonchev–Trinajstić information content (AvgIpc) is 2.30. The van der Waals surface area contributed by atoms with Crippen LogP contribution in [0.4, 0.5) is 0 Å². The molecule has 0 aliphatic rings. The summed E-state index contributed by atoms with van der Waals surface area (Å²) < 4.78 is 3.00. The van der Waals surface area contributed by atoms with Crippen molar-refractivity contribution in [3.8, 4) is 0 Å². The number of hydrogen-bond donors (Lipinski definition) is 1. The molecule has 1 rings (SSSR count). The summed E-state index contributed by atoms with van der Waals surface area (Å²) in [5, 5.41) is 4.36. The second kappa shape index (κ2) is 4.26. The molecule has 0 saturated carbocycles. The van der Waals surface area contributed by atoms with Gasteiger partial charge in [0.05, 0.1) is 15.9 Å². The Kier molecular flexibility index (Phi) is 3.61. The van der Waals surface area contributed by atoms with Crippen molar-refractivity contribution in [2.45, 2.75) is 40.2 Å². The van der Waals surface area contributed by atoms with E-state index in [0.29, 0.717) is 0 Å². The largest absolute Gasteiger partial charge is 0.327 e. The van der Waals surface area contributed by atoms with Gasteiger partial charge in [-0.05, 0) is 28.3 Å². The average molecular weight is 274 g/mol. The molecule has 2 N–H and O–H groups in total. The van der Waals surface area contributed by atoms with Gasteiger partial charge in [0.2, 0.25) is 0 Å². The monoisotopic (exact) mass is 273 g/mol. The molecule has 1 unspecified atom stereocenters. The maximum absolute atomic E-state index is 6.17. The molecule has 1 aromatic heterocycles. The Morgan fingerprint density at radius 1 is 1.47 bits per heavy atom. The molecule has 0 bridgehead atoms. The maximum atomic E-state index is 6.17. The van der Waals surface area contributed by atoms with Gasteiger partial charge in [-0.15, -0.1) is 0 Å². The Hall–Kier alpha value is -0.350. The predicted molar refractivity (Wildman–Crippen MR) is 66.8 cm³/mol. The van der Waals surface area contributed by atoms with E-state index in [1.165, 1.54) is 5.69 Å². The quantitative estimate of drug-likeness (QED) is 0.900. The van der Waals surface area contributed by atoms with Gasteiger partial charge in [-0.25, -0.2) is 0 Å². The minimum Gasteiger partial charge on any atom is -0.327 e. The SMILES string of the molecule is Cc1nn(C)c(CC(N)C(C)(C)C)c1Br. The van der Waals surface area contributed by atoms with Gasteiger partial charge in [0, 0.05) is 19.5 Å². The van der Waals surface area contributed by atoms with Crippen molar-refractivity contribution in [3.63, 3.8) is 0 Å². The van der Waals surface area contributed by atoms with E-state index in [4.69, 9.17) is 5.73 Å². The number of halogens is 1. The first-order valence-electron chi connectivity index (χ1n) is 5.17. The first-order valence-corrected chi connectivity index (χ1v) is 5.96. The van der Waals surface area contributed by atoms with Crippen molar-refractivity contribution >= 4 is 15.9 Å². The summed E-state index contributed by atoms with van der Waals surface area (Å²) in [6, 6.07) is 0.142. The van der Waals surface area contributed by atoms with Crippen LogP contribution in [0.5, 0.6) is 0 Å². The minimum atomic E-state index is 0.123. The van der Waals surface area contributed by atoms with Crippen LogP contribution in [0.1, 0.15) is 32.2 Å². The number of aromatic nitrogens is 2. The van der Waals surface area contributed by atoms with Gasteiger partial charge < -0.3 is 5.73 Å². The Morgan fingerprint density at radius 3 is 2.33 bits per heavy atom. The second-order valence-corrected chi connectivity index (χ2v) is 5.94. The summed E-state index contributed by atoms with van der Waals surface area (Å²) >= 11 is 3.56. The molecule has 15 heavy (non-hydrogen) atoms. The Bertz CT molecular complexity index is 349. The summed E-state index contributed by atoms with van der Waals surface area (Å²) in [6.45, 7) is 8.48. The molecule has 0 fully saturated rings. The molecule has 1 atom stereocenters. The number of nitrogens with zero attached hydrogens (tertiary/aromatic N) is 2. The van der Waals surface area contributed by atoms with E-state index in [0.717, 1.165) is 16.6 Å². The molecule has 0 spiro atoms. The van der Waals surface area contributed by atoms with Gasteiger partial charge in [-0.3, -0.25) is 4.68 Å². The molecule has 4 heteroatoms. The van der Waals surface area contributed by atoms with Crippen molar-refractivity contribution in [1.82, 2.24) is 9.78 Å². The normalized spacial score (nSPS) is 14.3. The van der Waals surface area contributed by atoms with Gasteiger partial charge >= 0.3 is 0 Å². The lowest BCUT2D eigenvalue weighted by molar-refractivity contribution is 0.314. The highest BCUT2D eigenvalue weighted by Crippen LogP contribution is 2.26. The van der Waals surface area contributed by atoms with E-state index in [2.05, 4.69) is 41.8 Å². The summed E-state index contributed by atoms with van der Waals surface area (Å²) in [5.74, 6) is 0. The molecular formula is C11H20BrN3. The van der Waals surface area contributed by atoms with Crippen LogP contribution in [0.15, 0.2) is 4.47 Å². The van der Waals surface area contributed by atoms with Crippen LogP contribution in [0, 0.1) is 12.3 Å². The molecule has 3 nitrogen and oxygen atoms in total. The van der Waals surface area contributed by atoms with Crippen molar-refractivity contribution in [3.05, 3.63) is 15.9 Å². The van der Waals surface area contributed by atoms with Crippen molar-refractivity contribution < 1.29 is 0 Å². The zero-order valence-electron chi connectivity index (χ0n) is 10.1. The number of nitrogens with two attached hydrogens (primary N) is 1. The van der Waals surface area contributed by atoms with E-state index >= 15 is 0 Å². The molecule has 0 aliphatic carbocycles. The highest BCUT2D eigenvalue weighted by atomic mass is 79.9. The zero-order chi connectivity index (χ0) is 11.8. The number of hydrogen-bond acceptors (Lipinski definition) is 2. The van der Waals surface area contributed by atoms with Gasteiger partial charge in [-0.1, -0.05) is 20.8 Å². The van der Waals surface area contributed by atoms with Crippen LogP contribution in [0.25, 0.3) is 0 Å². The van der Waals surface area contributed by atoms with Gasteiger partial charge in [-0.2, -0.15) is 5.10 Å². The fourth-order valence-corrected chi connectivity index (χ4v) is 1.91. The first-order chi connectivity index (χ1) is 6.73. The maximum Gasteiger partial charge on any atom is 0.0738 e. The Labute approximate surface area is 100 Å². The minimum absolute atomic E-state index is 0.123. The van der Waals surface area contributed by atoms with E-state index in [-0.39, 0.29) is 11.5 Å². The fraction of sp³-hybridized carbons (Fsp3) is 0.727. The van der Waals surface area contributed by atoms with Crippen molar-refractivity contribution in [2.75, 3.05) is 0 Å². The van der Waals surface area contributed by atoms with Crippen molar-refractivity contribution in [1.29, 1.82) is 0 Å². The van der Waals surface area contributed by atoms with Gasteiger partial charge in [0.1, 0.15) is 0 Å². The lowest BCUT2D eigenvalue weighted by Crippen LogP contribution is -2.37. The fourth-order valence-electron chi connectivity index (χ4n) is 1.42. The zero-order valence-corrected chi connectivity index (χ0v) is 11.7. The van der Waals surface area contributed by atoms with Gasteiger partial charge in [0.15, 0.2) is 0 Å². The predicted octanol–water partition coefficient (Wildman–Crippen LogP) is 2.41. The van der Waals surface area contributed by atoms with Crippen LogP contribution in [-0.4, -0.2) is 15.8 Å². The second-order valence-electron chi connectivity index (χ2n) is 5.15. The van der Waals surface area contributed by atoms with E-state index in [1.807, 2.05) is 18.7 Å². The molecule has 86 valence electrons. The molecule has 0 amide bonds. The van der Waals surface area contributed by atoms with E-state index in [9.17, 15) is 0 Å². The summed E-state index contributed by atoms with van der Waals surface area (Å²) in [6.07, 6.45) is 0.849. The van der Waals surface area contributed by atoms with E-state index < -0.39 is 0 Å². The molecule has 0 radical (unpaired) electrons. The molecular weight excluding hydrogens is 254 g/mol. The third-order valence-corrected chi connectivity index (χ3v) is 3.82. The van der Waals surface area contributed by atoms with Gasteiger partial charge in [0.25, 0.3) is 0 Å². The summed E-state index contributed by atoms with van der Waals surface area (Å²) in [4.78, 5) is 0. The standard InChI is InChI=1S/C11H20BrN3/c1-7-10(12)8(15(5)14-7)6-9(13)11(2,3)4/h9H,6,13H2,1-5H3. The smallest absolute Gasteiger partial charge is 0.0738 e. The first kappa shape index (κ1) is 12.7. The van der Waals surface area contributed by atoms with Crippen LogP contribution in [0.2, 0.25) is 0 Å². The third kappa shape index (κ3) is 2.82. The molecule has 0 aliphatic heterocycles. The molecule has 1 aromatic rings. The van der Waals surface area contributed by atoms with Crippen LogP contribution in [0.3, 0.4) is 0 Å². The highest BCUT2D eigenvalue weighted by molar-refractivity contribution is 9.10. The number of rotatable bonds is 2. The van der Waals surface area contributed by atoms with Crippen LogP contribution >= 0.6 is 15.9 Å².